The molecule has 0 saturated carbocycles. The van der Waals surface area contributed by atoms with Crippen LogP contribution >= 0.6 is 0 Å². The van der Waals surface area contributed by atoms with Gasteiger partial charge < -0.3 is 10.2 Å². The lowest BCUT2D eigenvalue weighted by Crippen LogP contribution is -2.44. The fourth-order valence-electron chi connectivity index (χ4n) is 3.72. The lowest BCUT2D eigenvalue weighted by atomic mass is 9.89. The van der Waals surface area contributed by atoms with E-state index >= 15 is 0 Å². The fraction of sp³-hybridized carbons (Fsp3) is 0.435. The van der Waals surface area contributed by atoms with Crippen molar-refractivity contribution in [1.29, 1.82) is 0 Å². The van der Waals surface area contributed by atoms with Crippen molar-refractivity contribution in [2.24, 2.45) is 0 Å². The average molecular weight is 380 g/mol. The first-order chi connectivity index (χ1) is 13.6. The van der Waals surface area contributed by atoms with Crippen LogP contribution in [0.5, 0.6) is 0 Å². The van der Waals surface area contributed by atoms with Gasteiger partial charge >= 0.3 is 11.8 Å². The molecule has 0 fully saturated rings. The number of carbonyl (C=O) groups excluding carboxylic acids is 2. The standard InChI is InChI=1S/C23H29N3O2/c1-3-26(15-12-18-10-13-24-14-11-18)23(28)22(27)25-17(2)20-9-8-19-6-4-5-7-21(19)16-20/h8-11,13-14,16-17H,3-7,12,15H2,1-2H3,(H,25,27). The number of likely N-dealkylation sites (N-methyl/N-ethyl adjacent to an activating group) is 1. The van der Waals surface area contributed by atoms with Gasteiger partial charge in [-0.15, -0.1) is 0 Å². The van der Waals surface area contributed by atoms with Gasteiger partial charge in [0.15, 0.2) is 0 Å². The maximum absolute atomic E-state index is 12.6. The van der Waals surface area contributed by atoms with E-state index in [-0.39, 0.29) is 6.04 Å². The average Bonchev–Trinajstić information content (AvgIpc) is 2.74. The minimum absolute atomic E-state index is 0.192. The van der Waals surface area contributed by atoms with Gasteiger partial charge in [-0.3, -0.25) is 14.6 Å². The fourth-order valence-corrected chi connectivity index (χ4v) is 3.72. The van der Waals surface area contributed by atoms with Crippen LogP contribution in [0.25, 0.3) is 0 Å². The molecule has 28 heavy (non-hydrogen) atoms. The largest absolute Gasteiger partial charge is 0.341 e. The first kappa shape index (κ1) is 20.1. The summed E-state index contributed by atoms with van der Waals surface area (Å²) in [5, 5.41) is 2.88. The van der Waals surface area contributed by atoms with Crippen molar-refractivity contribution in [2.45, 2.75) is 52.0 Å². The van der Waals surface area contributed by atoms with Crippen LogP contribution in [0, 0.1) is 0 Å². The van der Waals surface area contributed by atoms with Crippen LogP contribution in [0.4, 0.5) is 0 Å². The van der Waals surface area contributed by atoms with Crippen molar-refractivity contribution in [3.8, 4) is 0 Å². The molecule has 1 unspecified atom stereocenters. The Morgan fingerprint density at radius 3 is 2.54 bits per heavy atom. The molecular weight excluding hydrogens is 350 g/mol. The number of aromatic nitrogens is 1. The zero-order chi connectivity index (χ0) is 19.9. The highest BCUT2D eigenvalue weighted by Gasteiger charge is 2.23. The number of rotatable bonds is 6. The first-order valence-electron chi connectivity index (χ1n) is 10.2. The summed E-state index contributed by atoms with van der Waals surface area (Å²) in [6.07, 6.45) is 8.88. The van der Waals surface area contributed by atoms with E-state index in [1.165, 1.54) is 24.0 Å². The van der Waals surface area contributed by atoms with Crippen molar-refractivity contribution in [3.63, 3.8) is 0 Å². The molecule has 0 saturated heterocycles. The summed E-state index contributed by atoms with van der Waals surface area (Å²) in [4.78, 5) is 30.7. The maximum atomic E-state index is 12.6. The van der Waals surface area contributed by atoms with E-state index in [0.29, 0.717) is 19.5 Å². The van der Waals surface area contributed by atoms with Crippen LogP contribution < -0.4 is 5.32 Å². The van der Waals surface area contributed by atoms with Gasteiger partial charge in [-0.05, 0) is 80.3 Å². The Morgan fingerprint density at radius 2 is 1.82 bits per heavy atom. The van der Waals surface area contributed by atoms with E-state index in [1.54, 1.807) is 17.3 Å². The number of pyridine rings is 1. The number of nitrogens with zero attached hydrogens (tertiary/aromatic N) is 2. The molecule has 1 aromatic heterocycles. The quantitative estimate of drug-likeness (QED) is 0.784. The van der Waals surface area contributed by atoms with Gasteiger partial charge in [0.25, 0.3) is 0 Å². The Bertz CT molecular complexity index is 820. The zero-order valence-corrected chi connectivity index (χ0v) is 16.8. The molecule has 2 amide bonds. The summed E-state index contributed by atoms with van der Waals surface area (Å²) in [7, 11) is 0. The Balaban J connectivity index is 1.58. The predicted molar refractivity (Wildman–Crippen MR) is 110 cm³/mol. The van der Waals surface area contributed by atoms with Crippen molar-refractivity contribution in [2.75, 3.05) is 13.1 Å². The second-order valence-corrected chi connectivity index (χ2v) is 7.42. The lowest BCUT2D eigenvalue weighted by molar-refractivity contribution is -0.146. The van der Waals surface area contributed by atoms with Gasteiger partial charge in [-0.1, -0.05) is 18.2 Å². The molecule has 1 atom stereocenters. The molecule has 1 heterocycles. The molecule has 0 aliphatic heterocycles. The molecule has 0 spiro atoms. The van der Waals surface area contributed by atoms with Gasteiger partial charge in [0.2, 0.25) is 0 Å². The minimum atomic E-state index is -0.540. The first-order valence-corrected chi connectivity index (χ1v) is 10.2. The van der Waals surface area contributed by atoms with Crippen molar-refractivity contribution in [3.05, 3.63) is 65.0 Å². The van der Waals surface area contributed by atoms with Crippen molar-refractivity contribution in [1.82, 2.24) is 15.2 Å². The summed E-state index contributed by atoms with van der Waals surface area (Å²) in [6.45, 7) is 4.85. The number of nitrogens with one attached hydrogen (secondary N) is 1. The molecular formula is C23H29N3O2. The maximum Gasteiger partial charge on any atom is 0.311 e. The molecule has 1 N–H and O–H groups in total. The second kappa shape index (κ2) is 9.49. The summed E-state index contributed by atoms with van der Waals surface area (Å²) in [5.74, 6) is -1.01. The highest BCUT2D eigenvalue weighted by atomic mass is 16.2. The number of aryl methyl sites for hydroxylation is 2. The molecule has 0 radical (unpaired) electrons. The Morgan fingerprint density at radius 1 is 1.11 bits per heavy atom. The summed E-state index contributed by atoms with van der Waals surface area (Å²) in [6, 6.07) is 10.1. The van der Waals surface area contributed by atoms with E-state index < -0.39 is 11.8 Å². The van der Waals surface area contributed by atoms with Crippen LogP contribution in [0.2, 0.25) is 0 Å². The molecule has 148 valence electrons. The second-order valence-electron chi connectivity index (χ2n) is 7.42. The van der Waals surface area contributed by atoms with Crippen LogP contribution in [0.3, 0.4) is 0 Å². The SMILES string of the molecule is CCN(CCc1ccncc1)C(=O)C(=O)NC(C)c1ccc2c(c1)CCCC2. The summed E-state index contributed by atoms with van der Waals surface area (Å²) >= 11 is 0. The van der Waals surface area contributed by atoms with Crippen LogP contribution in [0.1, 0.15) is 55.0 Å². The van der Waals surface area contributed by atoms with E-state index in [4.69, 9.17) is 0 Å². The topological polar surface area (TPSA) is 62.3 Å². The molecule has 5 heteroatoms. The smallest absolute Gasteiger partial charge is 0.311 e. The third-order valence-electron chi connectivity index (χ3n) is 5.50. The Kier molecular flexibility index (Phi) is 6.80. The molecule has 0 bridgehead atoms. The zero-order valence-electron chi connectivity index (χ0n) is 16.8. The third-order valence-corrected chi connectivity index (χ3v) is 5.50. The number of benzene rings is 1. The number of carbonyl (C=O) groups is 2. The third kappa shape index (κ3) is 4.97. The van der Waals surface area contributed by atoms with Crippen molar-refractivity contribution < 1.29 is 9.59 Å². The van der Waals surface area contributed by atoms with E-state index in [2.05, 4.69) is 28.5 Å². The van der Waals surface area contributed by atoms with Gasteiger partial charge in [0.05, 0.1) is 6.04 Å². The highest BCUT2D eigenvalue weighted by molar-refractivity contribution is 6.35. The minimum Gasteiger partial charge on any atom is -0.341 e. The van der Waals surface area contributed by atoms with Gasteiger partial charge in [0, 0.05) is 25.5 Å². The van der Waals surface area contributed by atoms with Gasteiger partial charge in [0.1, 0.15) is 0 Å². The van der Waals surface area contributed by atoms with E-state index in [9.17, 15) is 9.59 Å². The number of hydrogen-bond acceptors (Lipinski definition) is 3. The monoisotopic (exact) mass is 379 g/mol. The number of amides is 2. The molecule has 5 nitrogen and oxygen atoms in total. The molecule has 1 aromatic carbocycles. The van der Waals surface area contributed by atoms with Gasteiger partial charge in [-0.25, -0.2) is 0 Å². The van der Waals surface area contributed by atoms with Crippen LogP contribution in [-0.2, 0) is 28.9 Å². The summed E-state index contributed by atoms with van der Waals surface area (Å²) < 4.78 is 0. The van der Waals surface area contributed by atoms with Crippen LogP contribution in [0.15, 0.2) is 42.7 Å². The lowest BCUT2D eigenvalue weighted by Gasteiger charge is -2.23. The molecule has 2 aromatic rings. The van der Waals surface area contributed by atoms with Crippen molar-refractivity contribution >= 4 is 11.8 Å². The molecule has 3 rings (SSSR count). The number of fused-ring (bicyclic) bond motifs is 1. The Hall–Kier alpha value is -2.69. The highest BCUT2D eigenvalue weighted by Crippen LogP contribution is 2.24. The predicted octanol–water partition coefficient (Wildman–Crippen LogP) is 3.23. The Labute approximate surface area is 167 Å². The van der Waals surface area contributed by atoms with E-state index in [1.807, 2.05) is 26.0 Å². The summed E-state index contributed by atoms with van der Waals surface area (Å²) in [5.41, 5.74) is 4.95. The number of hydrogen-bond donors (Lipinski definition) is 1. The molecule has 1 aliphatic rings. The van der Waals surface area contributed by atoms with Gasteiger partial charge in [-0.2, -0.15) is 0 Å². The molecule has 1 aliphatic carbocycles. The van der Waals surface area contributed by atoms with Crippen LogP contribution in [-0.4, -0.2) is 34.8 Å². The normalized spacial score (nSPS) is 14.1. The van der Waals surface area contributed by atoms with E-state index in [0.717, 1.165) is 24.0 Å².